The first-order valence-corrected chi connectivity index (χ1v) is 11.7. The van der Waals surface area contributed by atoms with Crippen LogP contribution < -0.4 is 5.32 Å². The Bertz CT molecular complexity index is 670. The van der Waals surface area contributed by atoms with E-state index in [-0.39, 0.29) is 5.91 Å². The number of aromatic nitrogens is 1. The van der Waals surface area contributed by atoms with Crippen molar-refractivity contribution in [2.24, 2.45) is 0 Å². The van der Waals surface area contributed by atoms with E-state index < -0.39 is 0 Å². The summed E-state index contributed by atoms with van der Waals surface area (Å²) in [6.45, 7) is 3.78. The Morgan fingerprint density at radius 1 is 1.19 bits per heavy atom. The number of carbonyl (C=O) groups excluding carboxylic acids is 1. The number of piperidine rings is 1. The Hall–Kier alpha value is -1.38. The molecule has 1 amide bonds. The Morgan fingerprint density at radius 3 is 2.89 bits per heavy atom. The van der Waals surface area contributed by atoms with Crippen molar-refractivity contribution in [1.82, 2.24) is 15.2 Å². The molecule has 0 radical (unpaired) electrons. The van der Waals surface area contributed by atoms with Gasteiger partial charge in [-0.05, 0) is 38.1 Å². The van der Waals surface area contributed by atoms with Gasteiger partial charge in [0.15, 0.2) is 0 Å². The number of hydrogen-bond donors (Lipinski definition) is 1. The summed E-state index contributed by atoms with van der Waals surface area (Å²) in [5.74, 6) is 4.63. The molecule has 0 atom stereocenters. The molecule has 0 unspecified atom stereocenters. The van der Waals surface area contributed by atoms with Crippen LogP contribution in [0, 0.1) is 0 Å². The van der Waals surface area contributed by atoms with Crippen molar-refractivity contribution in [1.29, 1.82) is 0 Å². The Balaban J connectivity index is 1.22. The molecule has 148 valence electrons. The van der Waals surface area contributed by atoms with Crippen LogP contribution in [0.5, 0.6) is 0 Å². The molecule has 2 aromatic heterocycles. The summed E-state index contributed by atoms with van der Waals surface area (Å²) in [6, 6.07) is 3.78. The number of likely N-dealkylation sites (tertiary alicyclic amines) is 1. The van der Waals surface area contributed by atoms with Crippen LogP contribution in [0.15, 0.2) is 33.5 Å². The first-order valence-electron chi connectivity index (χ1n) is 9.40. The second-order valence-corrected chi connectivity index (χ2v) is 8.63. The number of amides is 1. The number of oxazole rings is 1. The number of thioether (sulfide) groups is 2. The third-order valence-electron chi connectivity index (χ3n) is 4.28. The molecule has 27 heavy (non-hydrogen) atoms. The summed E-state index contributed by atoms with van der Waals surface area (Å²) in [6.07, 6.45) is 7.30. The van der Waals surface area contributed by atoms with Crippen LogP contribution in [0.3, 0.4) is 0 Å². The molecule has 1 N–H and O–H groups in total. The van der Waals surface area contributed by atoms with Crippen LogP contribution in [-0.4, -0.2) is 46.9 Å². The lowest BCUT2D eigenvalue weighted by Gasteiger charge is -2.24. The third-order valence-corrected chi connectivity index (χ3v) is 6.23. The van der Waals surface area contributed by atoms with E-state index in [2.05, 4.69) is 15.2 Å². The van der Waals surface area contributed by atoms with Gasteiger partial charge in [-0.15, -0.1) is 11.8 Å². The van der Waals surface area contributed by atoms with Gasteiger partial charge in [0.05, 0.1) is 30.0 Å². The highest BCUT2D eigenvalue weighted by atomic mass is 32.2. The van der Waals surface area contributed by atoms with Gasteiger partial charge in [0, 0.05) is 18.1 Å². The molecular formula is C19H27N3O3S2. The van der Waals surface area contributed by atoms with E-state index in [0.29, 0.717) is 12.3 Å². The Labute approximate surface area is 168 Å². The maximum atomic E-state index is 11.8. The van der Waals surface area contributed by atoms with Crippen molar-refractivity contribution < 1.29 is 13.6 Å². The molecule has 3 heterocycles. The predicted octanol–water partition coefficient (Wildman–Crippen LogP) is 3.54. The Morgan fingerprint density at radius 2 is 2.07 bits per heavy atom. The number of furan rings is 1. The smallest absolute Gasteiger partial charge is 0.230 e. The molecule has 0 aromatic carbocycles. The second-order valence-electron chi connectivity index (χ2n) is 6.54. The van der Waals surface area contributed by atoms with Crippen LogP contribution in [-0.2, 0) is 22.8 Å². The first-order chi connectivity index (χ1) is 13.3. The Kier molecular flexibility index (Phi) is 8.64. The molecular weight excluding hydrogens is 382 g/mol. The monoisotopic (exact) mass is 409 g/mol. The summed E-state index contributed by atoms with van der Waals surface area (Å²) in [7, 11) is 0. The lowest BCUT2D eigenvalue weighted by molar-refractivity contribution is -0.118. The van der Waals surface area contributed by atoms with E-state index >= 15 is 0 Å². The molecule has 0 saturated carbocycles. The highest BCUT2D eigenvalue weighted by Crippen LogP contribution is 2.16. The molecule has 1 aliphatic rings. The summed E-state index contributed by atoms with van der Waals surface area (Å²) in [4.78, 5) is 18.8. The zero-order valence-corrected chi connectivity index (χ0v) is 17.2. The van der Waals surface area contributed by atoms with Crippen molar-refractivity contribution in [3.05, 3.63) is 42.0 Å². The lowest BCUT2D eigenvalue weighted by Crippen LogP contribution is -2.29. The van der Waals surface area contributed by atoms with Crippen molar-refractivity contribution in [2.75, 3.05) is 31.1 Å². The molecule has 0 aliphatic carbocycles. The quantitative estimate of drug-likeness (QED) is 0.569. The van der Waals surface area contributed by atoms with Gasteiger partial charge in [-0.3, -0.25) is 9.69 Å². The minimum Gasteiger partial charge on any atom is -0.468 e. The highest BCUT2D eigenvalue weighted by Gasteiger charge is 2.13. The zero-order valence-electron chi connectivity index (χ0n) is 15.5. The van der Waals surface area contributed by atoms with Crippen LogP contribution in [0.1, 0.15) is 36.6 Å². The SMILES string of the molecule is O=C(CSCc1ccco1)NCCSCc1coc(CN2CCCCC2)n1. The molecule has 3 rings (SSSR count). The van der Waals surface area contributed by atoms with Gasteiger partial charge in [-0.2, -0.15) is 11.8 Å². The zero-order chi connectivity index (χ0) is 18.7. The fraction of sp³-hybridized carbons (Fsp3) is 0.579. The summed E-state index contributed by atoms with van der Waals surface area (Å²) >= 11 is 3.31. The summed E-state index contributed by atoms with van der Waals surface area (Å²) in [5.41, 5.74) is 0.979. The van der Waals surface area contributed by atoms with Crippen molar-refractivity contribution >= 4 is 29.4 Å². The standard InChI is InChI=1S/C19H27N3O3S2/c23-18(15-27-14-17-5-4-9-24-17)20-6-10-26-13-16-12-25-19(21-16)11-22-7-2-1-3-8-22/h4-5,9,12H,1-3,6-8,10-11,13-15H2,(H,20,23). The number of nitrogens with one attached hydrogen (secondary N) is 1. The number of hydrogen-bond acceptors (Lipinski definition) is 7. The van der Waals surface area contributed by atoms with Gasteiger partial charge in [-0.25, -0.2) is 4.98 Å². The van der Waals surface area contributed by atoms with E-state index in [1.54, 1.807) is 36.1 Å². The lowest BCUT2D eigenvalue weighted by atomic mass is 10.1. The average molecular weight is 410 g/mol. The van der Waals surface area contributed by atoms with Crippen molar-refractivity contribution in [3.63, 3.8) is 0 Å². The fourth-order valence-corrected chi connectivity index (χ4v) is 4.41. The highest BCUT2D eigenvalue weighted by molar-refractivity contribution is 7.99. The molecule has 1 aliphatic heterocycles. The molecule has 1 fully saturated rings. The minimum atomic E-state index is 0.0670. The van der Waals surface area contributed by atoms with Gasteiger partial charge >= 0.3 is 0 Å². The largest absolute Gasteiger partial charge is 0.468 e. The van der Waals surface area contributed by atoms with E-state index in [9.17, 15) is 4.79 Å². The summed E-state index contributed by atoms with van der Waals surface area (Å²) in [5, 5.41) is 2.95. The number of nitrogens with zero attached hydrogens (tertiary/aromatic N) is 2. The normalized spacial score (nSPS) is 15.1. The van der Waals surface area contributed by atoms with Gasteiger partial charge in [0.25, 0.3) is 0 Å². The van der Waals surface area contributed by atoms with E-state index in [1.807, 2.05) is 12.1 Å². The van der Waals surface area contributed by atoms with Gasteiger partial charge in [0.2, 0.25) is 11.8 Å². The van der Waals surface area contributed by atoms with Crippen LogP contribution >= 0.6 is 23.5 Å². The first kappa shape index (κ1) is 20.4. The number of carbonyl (C=O) groups is 1. The van der Waals surface area contributed by atoms with Gasteiger partial charge in [-0.1, -0.05) is 6.42 Å². The van der Waals surface area contributed by atoms with Crippen molar-refractivity contribution in [2.45, 2.75) is 37.3 Å². The fourth-order valence-electron chi connectivity index (χ4n) is 2.93. The van der Waals surface area contributed by atoms with Crippen LogP contribution in [0.4, 0.5) is 0 Å². The number of rotatable bonds is 11. The maximum Gasteiger partial charge on any atom is 0.230 e. The van der Waals surface area contributed by atoms with Gasteiger partial charge in [0.1, 0.15) is 12.0 Å². The molecule has 2 aromatic rings. The third kappa shape index (κ3) is 7.63. The van der Waals surface area contributed by atoms with Crippen LogP contribution in [0.25, 0.3) is 0 Å². The maximum absolute atomic E-state index is 11.8. The van der Waals surface area contributed by atoms with E-state index in [0.717, 1.165) is 54.2 Å². The molecule has 0 bridgehead atoms. The average Bonchev–Trinajstić information content (AvgIpc) is 3.34. The van der Waals surface area contributed by atoms with E-state index in [4.69, 9.17) is 8.83 Å². The van der Waals surface area contributed by atoms with Gasteiger partial charge < -0.3 is 14.2 Å². The molecule has 1 saturated heterocycles. The summed E-state index contributed by atoms with van der Waals surface area (Å²) < 4.78 is 10.8. The second kappa shape index (κ2) is 11.5. The van der Waals surface area contributed by atoms with Crippen LogP contribution in [0.2, 0.25) is 0 Å². The molecule has 8 heteroatoms. The molecule has 0 spiro atoms. The van der Waals surface area contributed by atoms with Crippen molar-refractivity contribution in [3.8, 4) is 0 Å². The predicted molar refractivity (Wildman–Crippen MR) is 110 cm³/mol. The molecule has 6 nitrogen and oxygen atoms in total. The minimum absolute atomic E-state index is 0.0670. The van der Waals surface area contributed by atoms with E-state index in [1.165, 1.54) is 19.3 Å². The topological polar surface area (TPSA) is 71.5 Å².